The van der Waals surface area contributed by atoms with Crippen molar-refractivity contribution in [2.45, 2.75) is 20.0 Å². The second-order valence-corrected chi connectivity index (χ2v) is 9.96. The van der Waals surface area contributed by atoms with Crippen LogP contribution in [-0.4, -0.2) is 18.7 Å². The fourth-order valence-electron chi connectivity index (χ4n) is 4.47. The summed E-state index contributed by atoms with van der Waals surface area (Å²) in [5, 5.41) is 8.73. The number of carbonyl (C=O) groups is 1. The van der Waals surface area contributed by atoms with Crippen LogP contribution in [0.1, 0.15) is 23.6 Å². The molecule has 0 radical (unpaired) electrons. The highest BCUT2D eigenvalue weighted by Gasteiger charge is 2.13. The fourth-order valence-corrected chi connectivity index (χ4v) is 5.25. The van der Waals surface area contributed by atoms with Gasteiger partial charge in [0.15, 0.2) is 11.5 Å². The Balaban J connectivity index is 1.28. The molecule has 0 aromatic heterocycles. The van der Waals surface area contributed by atoms with E-state index in [1.807, 2.05) is 79.7 Å². The smallest absolute Gasteiger partial charge is 0.244 e. The van der Waals surface area contributed by atoms with E-state index < -0.39 is 0 Å². The van der Waals surface area contributed by atoms with E-state index >= 15 is 0 Å². The second-order valence-electron chi connectivity index (χ2n) is 8.80. The molecule has 0 fully saturated rings. The van der Waals surface area contributed by atoms with Crippen LogP contribution >= 0.6 is 22.6 Å². The second kappa shape index (κ2) is 12.1. The first-order valence-electron chi connectivity index (χ1n) is 12.5. The lowest BCUT2D eigenvalue weighted by atomic mass is 10.0. The number of carbonyl (C=O) groups excluding carboxylic acids is 1. The molecule has 0 spiro atoms. The van der Waals surface area contributed by atoms with Crippen LogP contribution in [0.5, 0.6) is 11.5 Å². The molecule has 0 saturated heterocycles. The summed E-state index contributed by atoms with van der Waals surface area (Å²) in [6.45, 7) is 2.87. The van der Waals surface area contributed by atoms with Crippen molar-refractivity contribution in [3.05, 3.63) is 117 Å². The maximum atomic E-state index is 12.6. The van der Waals surface area contributed by atoms with E-state index in [0.29, 0.717) is 24.7 Å². The van der Waals surface area contributed by atoms with E-state index in [0.717, 1.165) is 31.0 Å². The van der Waals surface area contributed by atoms with Crippen molar-refractivity contribution >= 4 is 56.3 Å². The zero-order valence-corrected chi connectivity index (χ0v) is 23.1. The normalized spacial score (nSPS) is 11.2. The third-order valence-electron chi connectivity index (χ3n) is 6.22. The first-order valence-corrected chi connectivity index (χ1v) is 13.5. The average Bonchev–Trinajstić information content (AvgIpc) is 2.93. The molecule has 1 N–H and O–H groups in total. The van der Waals surface area contributed by atoms with E-state index in [1.165, 1.54) is 10.8 Å². The molecule has 5 rings (SSSR count). The van der Waals surface area contributed by atoms with E-state index in [1.54, 1.807) is 6.21 Å². The zero-order valence-electron chi connectivity index (χ0n) is 21.0. The number of rotatable bonds is 9. The number of fused-ring (bicyclic) bond motifs is 2. The van der Waals surface area contributed by atoms with Crippen LogP contribution in [0.2, 0.25) is 0 Å². The van der Waals surface area contributed by atoms with Gasteiger partial charge < -0.3 is 9.47 Å². The van der Waals surface area contributed by atoms with Gasteiger partial charge in [0.05, 0.1) is 22.8 Å². The fraction of sp³-hybridized carbons (Fsp3) is 0.125. The Labute approximate surface area is 235 Å². The number of ether oxygens (including phenoxy) is 2. The lowest BCUT2D eigenvalue weighted by Crippen LogP contribution is -2.19. The Morgan fingerprint density at radius 1 is 0.842 bits per heavy atom. The zero-order chi connectivity index (χ0) is 26.3. The largest absolute Gasteiger partial charge is 0.490 e. The Hall–Kier alpha value is -3.91. The van der Waals surface area contributed by atoms with Crippen LogP contribution in [0.15, 0.2) is 102 Å². The molecule has 1 amide bonds. The van der Waals surface area contributed by atoms with Gasteiger partial charge in [0.25, 0.3) is 0 Å². The third-order valence-corrected chi connectivity index (χ3v) is 7.02. The minimum atomic E-state index is -0.174. The van der Waals surface area contributed by atoms with Crippen LogP contribution in [0.3, 0.4) is 0 Å². The maximum absolute atomic E-state index is 12.6. The van der Waals surface area contributed by atoms with Crippen LogP contribution in [-0.2, 0) is 17.8 Å². The SMILES string of the molecule is CCOc1cc(C=NNC(=O)Cc2cccc3ccccc23)cc(I)c1OCc1cccc2ccccc12. The van der Waals surface area contributed by atoms with Crippen LogP contribution in [0.25, 0.3) is 21.5 Å². The van der Waals surface area contributed by atoms with Crippen molar-refractivity contribution in [1.82, 2.24) is 5.43 Å². The summed E-state index contributed by atoms with van der Waals surface area (Å²) >= 11 is 2.25. The first kappa shape index (κ1) is 25.7. The van der Waals surface area contributed by atoms with Crippen LogP contribution in [0.4, 0.5) is 0 Å². The standard InChI is InChI=1S/C32H27IN2O3/c1-2-37-30-18-22(20-34-35-31(36)19-25-13-7-11-23-9-3-5-15-27(23)25)17-29(33)32(30)38-21-26-14-8-12-24-10-4-6-16-28(24)26/h3-18,20H,2,19,21H2,1H3,(H,35,36). The van der Waals surface area contributed by atoms with E-state index in [4.69, 9.17) is 9.47 Å². The minimum Gasteiger partial charge on any atom is -0.490 e. The predicted octanol–water partition coefficient (Wildman–Crippen LogP) is 7.27. The van der Waals surface area contributed by atoms with Crippen molar-refractivity contribution in [3.8, 4) is 11.5 Å². The van der Waals surface area contributed by atoms with Gasteiger partial charge >= 0.3 is 0 Å². The number of nitrogens with one attached hydrogen (secondary N) is 1. The summed E-state index contributed by atoms with van der Waals surface area (Å²) < 4.78 is 13.1. The molecular weight excluding hydrogens is 587 g/mol. The molecule has 0 aliphatic rings. The molecule has 38 heavy (non-hydrogen) atoms. The van der Waals surface area contributed by atoms with Crippen molar-refractivity contribution < 1.29 is 14.3 Å². The van der Waals surface area contributed by atoms with Gasteiger partial charge in [-0.3, -0.25) is 4.79 Å². The number of nitrogens with zero attached hydrogens (tertiary/aromatic N) is 1. The van der Waals surface area contributed by atoms with Gasteiger partial charge in [0, 0.05) is 0 Å². The Morgan fingerprint density at radius 3 is 2.18 bits per heavy atom. The molecule has 0 saturated carbocycles. The monoisotopic (exact) mass is 614 g/mol. The van der Waals surface area contributed by atoms with Gasteiger partial charge in [-0.05, 0) is 79.9 Å². The number of benzene rings is 5. The average molecular weight is 614 g/mol. The van der Waals surface area contributed by atoms with Gasteiger partial charge in [0.1, 0.15) is 6.61 Å². The highest BCUT2D eigenvalue weighted by molar-refractivity contribution is 14.1. The summed E-state index contributed by atoms with van der Waals surface area (Å²) in [5.74, 6) is 1.16. The van der Waals surface area contributed by atoms with Crippen molar-refractivity contribution in [2.75, 3.05) is 6.61 Å². The highest BCUT2D eigenvalue weighted by atomic mass is 127. The number of hydrogen-bond donors (Lipinski definition) is 1. The van der Waals surface area contributed by atoms with Gasteiger partial charge in [-0.25, -0.2) is 5.43 Å². The molecule has 0 atom stereocenters. The molecule has 0 aliphatic heterocycles. The first-order chi connectivity index (χ1) is 18.6. The molecule has 5 aromatic carbocycles. The molecule has 6 heteroatoms. The Morgan fingerprint density at radius 2 is 1.47 bits per heavy atom. The lowest BCUT2D eigenvalue weighted by Gasteiger charge is -2.15. The highest BCUT2D eigenvalue weighted by Crippen LogP contribution is 2.35. The van der Waals surface area contributed by atoms with E-state index in [2.05, 4.69) is 57.4 Å². The molecule has 0 aliphatic carbocycles. The van der Waals surface area contributed by atoms with Crippen LogP contribution in [0, 0.1) is 3.57 Å². The van der Waals surface area contributed by atoms with E-state index in [9.17, 15) is 4.79 Å². The Kier molecular flexibility index (Phi) is 8.19. The van der Waals surface area contributed by atoms with Gasteiger partial charge in [-0.1, -0.05) is 84.9 Å². The van der Waals surface area contributed by atoms with Gasteiger partial charge in [-0.2, -0.15) is 5.10 Å². The summed E-state index contributed by atoms with van der Waals surface area (Å²) in [7, 11) is 0. The molecule has 5 aromatic rings. The molecule has 0 unspecified atom stereocenters. The number of hydrazone groups is 1. The number of amides is 1. The van der Waals surface area contributed by atoms with Gasteiger partial charge in [-0.15, -0.1) is 0 Å². The summed E-state index contributed by atoms with van der Waals surface area (Å²) in [6.07, 6.45) is 1.88. The van der Waals surface area contributed by atoms with Crippen molar-refractivity contribution in [1.29, 1.82) is 0 Å². The third kappa shape index (κ3) is 5.97. The summed E-state index contributed by atoms with van der Waals surface area (Å²) in [4.78, 5) is 12.6. The quantitative estimate of drug-likeness (QED) is 0.108. The summed E-state index contributed by atoms with van der Waals surface area (Å²) in [5.41, 5.74) is 5.54. The number of halogens is 1. The van der Waals surface area contributed by atoms with Gasteiger partial charge in [0.2, 0.25) is 5.91 Å². The maximum Gasteiger partial charge on any atom is 0.244 e. The topological polar surface area (TPSA) is 59.9 Å². The van der Waals surface area contributed by atoms with Crippen molar-refractivity contribution in [3.63, 3.8) is 0 Å². The minimum absolute atomic E-state index is 0.174. The predicted molar refractivity (Wildman–Crippen MR) is 162 cm³/mol. The molecular formula is C32H27IN2O3. The van der Waals surface area contributed by atoms with Crippen molar-refractivity contribution in [2.24, 2.45) is 5.10 Å². The lowest BCUT2D eigenvalue weighted by molar-refractivity contribution is -0.120. The Bertz CT molecular complexity index is 1620. The summed E-state index contributed by atoms with van der Waals surface area (Å²) in [6, 6.07) is 32.4. The molecule has 0 heterocycles. The number of hydrogen-bond acceptors (Lipinski definition) is 4. The molecule has 5 nitrogen and oxygen atoms in total. The van der Waals surface area contributed by atoms with Crippen LogP contribution < -0.4 is 14.9 Å². The van der Waals surface area contributed by atoms with E-state index in [-0.39, 0.29) is 12.3 Å². The molecule has 190 valence electrons. The molecule has 0 bridgehead atoms.